The number of hydrogen-bond donors (Lipinski definition) is 1. The minimum atomic E-state index is 0.295. The topological polar surface area (TPSA) is 21.3 Å². The lowest BCUT2D eigenvalue weighted by molar-refractivity contribution is 0.306. The molecule has 0 saturated carbocycles. The van der Waals surface area contributed by atoms with E-state index in [4.69, 9.17) is 4.74 Å². The molecule has 2 nitrogen and oxygen atoms in total. The third-order valence-corrected chi connectivity index (χ3v) is 3.99. The molecule has 1 unspecified atom stereocenters. The van der Waals surface area contributed by atoms with Gasteiger partial charge in [-0.3, -0.25) is 0 Å². The highest BCUT2D eigenvalue weighted by Crippen LogP contribution is 2.24. The third-order valence-electron chi connectivity index (χ3n) is 3.99. The second-order valence-electron chi connectivity index (χ2n) is 5.97. The summed E-state index contributed by atoms with van der Waals surface area (Å²) in [6.07, 6.45) is 7.34. The highest BCUT2D eigenvalue weighted by Gasteiger charge is 2.27. The molecule has 0 aromatic heterocycles. The van der Waals surface area contributed by atoms with E-state index in [1.54, 1.807) is 0 Å². The first-order chi connectivity index (χ1) is 9.22. The summed E-state index contributed by atoms with van der Waals surface area (Å²) in [5.41, 5.74) is 1.70. The van der Waals surface area contributed by atoms with Gasteiger partial charge in [-0.2, -0.15) is 0 Å². The normalized spacial score (nSPS) is 22.6. The van der Waals surface area contributed by atoms with E-state index >= 15 is 0 Å². The molecule has 1 aliphatic heterocycles. The van der Waals surface area contributed by atoms with Crippen molar-refractivity contribution in [1.82, 2.24) is 5.32 Å². The Labute approximate surface area is 117 Å². The summed E-state index contributed by atoms with van der Waals surface area (Å²) >= 11 is 0. The van der Waals surface area contributed by atoms with Crippen molar-refractivity contribution in [3.8, 4) is 5.75 Å². The summed E-state index contributed by atoms with van der Waals surface area (Å²) in [7, 11) is 0. The Hall–Kier alpha value is -1.02. The number of ether oxygens (including phenoxy) is 1. The number of benzene rings is 1. The van der Waals surface area contributed by atoms with Gasteiger partial charge in [0.2, 0.25) is 0 Å². The number of nitrogens with one attached hydrogen (secondary N) is 1. The molecule has 1 aromatic rings. The second kappa shape index (κ2) is 6.95. The Bertz CT molecular complexity index is 365. The predicted octanol–water partition coefficient (Wildman–Crippen LogP) is 3.94. The van der Waals surface area contributed by atoms with Gasteiger partial charge >= 0.3 is 0 Å². The SMILES string of the molecule is CCCCCOc1ccc(CC2(C)CCCN2)cc1. The van der Waals surface area contributed by atoms with Gasteiger partial charge in [0.15, 0.2) is 0 Å². The summed E-state index contributed by atoms with van der Waals surface area (Å²) in [6, 6.07) is 8.64. The lowest BCUT2D eigenvalue weighted by Crippen LogP contribution is -2.38. The molecule has 19 heavy (non-hydrogen) atoms. The Morgan fingerprint density at radius 3 is 2.63 bits per heavy atom. The maximum absolute atomic E-state index is 5.74. The molecule has 2 heteroatoms. The Morgan fingerprint density at radius 2 is 2.00 bits per heavy atom. The zero-order chi connectivity index (χ0) is 13.6. The average Bonchev–Trinajstić information content (AvgIpc) is 2.83. The van der Waals surface area contributed by atoms with Gasteiger partial charge in [-0.1, -0.05) is 31.9 Å². The molecule has 1 heterocycles. The van der Waals surface area contributed by atoms with Crippen LogP contribution >= 0.6 is 0 Å². The van der Waals surface area contributed by atoms with Crippen LogP contribution in [-0.4, -0.2) is 18.7 Å². The molecule has 0 aliphatic carbocycles. The van der Waals surface area contributed by atoms with Gasteiger partial charge in [0, 0.05) is 5.54 Å². The van der Waals surface area contributed by atoms with Crippen LogP contribution in [0.2, 0.25) is 0 Å². The zero-order valence-electron chi connectivity index (χ0n) is 12.4. The van der Waals surface area contributed by atoms with E-state index in [0.717, 1.165) is 31.7 Å². The fourth-order valence-corrected chi connectivity index (χ4v) is 2.80. The molecular formula is C17H27NO. The van der Waals surface area contributed by atoms with Crippen LogP contribution in [0.15, 0.2) is 24.3 Å². The second-order valence-corrected chi connectivity index (χ2v) is 5.97. The maximum Gasteiger partial charge on any atom is 0.119 e. The van der Waals surface area contributed by atoms with Crippen molar-refractivity contribution >= 4 is 0 Å². The number of rotatable bonds is 7. The van der Waals surface area contributed by atoms with Crippen molar-refractivity contribution in [3.05, 3.63) is 29.8 Å². The highest BCUT2D eigenvalue weighted by molar-refractivity contribution is 5.28. The maximum atomic E-state index is 5.74. The van der Waals surface area contributed by atoms with Gasteiger partial charge in [-0.15, -0.1) is 0 Å². The van der Waals surface area contributed by atoms with Crippen LogP contribution in [0.3, 0.4) is 0 Å². The summed E-state index contributed by atoms with van der Waals surface area (Å²) in [4.78, 5) is 0. The van der Waals surface area contributed by atoms with Crippen LogP contribution in [-0.2, 0) is 6.42 Å². The monoisotopic (exact) mass is 261 g/mol. The van der Waals surface area contributed by atoms with E-state index in [1.807, 2.05) is 0 Å². The van der Waals surface area contributed by atoms with Gasteiger partial charge in [0.1, 0.15) is 5.75 Å². The van der Waals surface area contributed by atoms with Crippen molar-refractivity contribution in [2.45, 2.75) is 57.9 Å². The van der Waals surface area contributed by atoms with Crippen molar-refractivity contribution < 1.29 is 4.74 Å². The molecule has 1 saturated heterocycles. The zero-order valence-corrected chi connectivity index (χ0v) is 12.4. The van der Waals surface area contributed by atoms with E-state index in [9.17, 15) is 0 Å². The van der Waals surface area contributed by atoms with Gasteiger partial charge in [-0.05, 0) is 56.8 Å². The molecule has 1 fully saturated rings. The predicted molar refractivity (Wildman–Crippen MR) is 80.8 cm³/mol. The van der Waals surface area contributed by atoms with Crippen molar-refractivity contribution in [1.29, 1.82) is 0 Å². The third kappa shape index (κ3) is 4.54. The molecule has 0 radical (unpaired) electrons. The van der Waals surface area contributed by atoms with Crippen LogP contribution in [0.1, 0.15) is 51.5 Å². The fraction of sp³-hybridized carbons (Fsp3) is 0.647. The first-order valence-corrected chi connectivity index (χ1v) is 7.69. The first-order valence-electron chi connectivity index (χ1n) is 7.69. The lowest BCUT2D eigenvalue weighted by atomic mass is 9.91. The number of unbranched alkanes of at least 4 members (excludes halogenated alkanes) is 2. The van der Waals surface area contributed by atoms with Crippen LogP contribution in [0.25, 0.3) is 0 Å². The Morgan fingerprint density at radius 1 is 1.21 bits per heavy atom. The van der Waals surface area contributed by atoms with Crippen molar-refractivity contribution in [2.75, 3.05) is 13.2 Å². The van der Waals surface area contributed by atoms with Gasteiger partial charge in [0.05, 0.1) is 6.61 Å². The average molecular weight is 261 g/mol. The van der Waals surface area contributed by atoms with E-state index in [1.165, 1.54) is 31.2 Å². The molecule has 1 N–H and O–H groups in total. The van der Waals surface area contributed by atoms with Crippen molar-refractivity contribution in [3.63, 3.8) is 0 Å². The highest BCUT2D eigenvalue weighted by atomic mass is 16.5. The van der Waals surface area contributed by atoms with Gasteiger partial charge in [-0.25, -0.2) is 0 Å². The first kappa shape index (κ1) is 14.4. The molecule has 2 rings (SSSR count). The molecule has 106 valence electrons. The minimum Gasteiger partial charge on any atom is -0.494 e. The standard InChI is InChI=1S/C17H27NO/c1-3-4-5-13-19-16-9-7-15(8-10-16)14-17(2)11-6-12-18-17/h7-10,18H,3-6,11-14H2,1-2H3. The molecule has 0 spiro atoms. The van der Waals surface area contributed by atoms with Gasteiger partial charge in [0.25, 0.3) is 0 Å². The van der Waals surface area contributed by atoms with E-state index in [0.29, 0.717) is 5.54 Å². The van der Waals surface area contributed by atoms with E-state index < -0.39 is 0 Å². The smallest absolute Gasteiger partial charge is 0.119 e. The fourth-order valence-electron chi connectivity index (χ4n) is 2.80. The van der Waals surface area contributed by atoms with Crippen LogP contribution in [0, 0.1) is 0 Å². The summed E-state index contributed by atoms with van der Waals surface area (Å²) < 4.78 is 5.74. The molecule has 1 aliphatic rings. The molecule has 1 atom stereocenters. The summed E-state index contributed by atoms with van der Waals surface area (Å²) in [5.74, 6) is 1.00. The quantitative estimate of drug-likeness (QED) is 0.751. The summed E-state index contributed by atoms with van der Waals surface area (Å²) in [6.45, 7) is 6.54. The van der Waals surface area contributed by atoms with E-state index in [-0.39, 0.29) is 0 Å². The minimum absolute atomic E-state index is 0.295. The molecule has 1 aromatic carbocycles. The Balaban J connectivity index is 1.81. The molecule has 0 bridgehead atoms. The number of hydrogen-bond acceptors (Lipinski definition) is 2. The summed E-state index contributed by atoms with van der Waals surface area (Å²) in [5, 5.41) is 3.61. The van der Waals surface area contributed by atoms with Crippen LogP contribution in [0.4, 0.5) is 0 Å². The molecular weight excluding hydrogens is 234 g/mol. The Kier molecular flexibility index (Phi) is 5.26. The van der Waals surface area contributed by atoms with Crippen LogP contribution in [0.5, 0.6) is 5.75 Å². The van der Waals surface area contributed by atoms with Crippen molar-refractivity contribution in [2.24, 2.45) is 0 Å². The van der Waals surface area contributed by atoms with Crippen LogP contribution < -0.4 is 10.1 Å². The largest absolute Gasteiger partial charge is 0.494 e. The van der Waals surface area contributed by atoms with Gasteiger partial charge < -0.3 is 10.1 Å². The van der Waals surface area contributed by atoms with E-state index in [2.05, 4.69) is 43.4 Å². The lowest BCUT2D eigenvalue weighted by Gasteiger charge is -2.24. The molecule has 0 amide bonds.